The van der Waals surface area contributed by atoms with E-state index in [-0.39, 0.29) is 31.0 Å². The Morgan fingerprint density at radius 1 is 0.438 bits per heavy atom. The van der Waals surface area contributed by atoms with Gasteiger partial charge in [-0.2, -0.15) is 0 Å². The van der Waals surface area contributed by atoms with Gasteiger partial charge in [-0.3, -0.25) is 15.0 Å². The SMILES string of the molecule is Cc1ncc(-c2ccc(S(=O)(=O)C3CCCNC3)cc2)nc1-c1cc(-c2ccc(CO)cc2)no1.Cc1ncc(-c2ccc(S(=O)(=O)C3CCCNC3)cc2)nc1-c1cc(-c2ccc(OCCO)cc2)no1.Cc1ncc(-c2ccc(S(=O)(=O)C3CCCNC3)cc2)nc1-c1nnc(-c2ccccc2)o1. The number of nitrogens with zero attached hydrogens (tertiary/aromatic N) is 10. The average Bonchev–Trinajstić information content (AvgIpc) is 1.81. The van der Waals surface area contributed by atoms with Crippen molar-refractivity contribution in [3.63, 3.8) is 0 Å². The second kappa shape index (κ2) is 32.7. The monoisotopic (exact) mass is 1470 g/mol. The maximum Gasteiger partial charge on any atom is 0.268 e. The predicted molar refractivity (Wildman–Crippen MR) is 395 cm³/mol. The normalized spacial score (nSPS) is 16.3. The zero-order valence-electron chi connectivity index (χ0n) is 57.8. The lowest BCUT2D eigenvalue weighted by Gasteiger charge is -2.22. The highest BCUT2D eigenvalue weighted by molar-refractivity contribution is 7.92. The molecule has 12 aromatic rings. The molecule has 3 atom stereocenters. The van der Waals surface area contributed by atoms with Crippen LogP contribution in [0.4, 0.5) is 0 Å². The molecule has 0 spiro atoms. The van der Waals surface area contributed by atoms with Crippen LogP contribution in [0.3, 0.4) is 0 Å². The summed E-state index contributed by atoms with van der Waals surface area (Å²) in [7, 11) is -10.1. The first-order valence-electron chi connectivity index (χ1n) is 34.5. The van der Waals surface area contributed by atoms with Gasteiger partial charge in [0.2, 0.25) is 5.89 Å². The minimum absolute atomic E-state index is 0.0172. The Balaban J connectivity index is 0.000000140. The van der Waals surface area contributed by atoms with Gasteiger partial charge in [-0.25, -0.2) is 40.2 Å². The van der Waals surface area contributed by atoms with Crippen LogP contribution in [0.5, 0.6) is 5.75 Å². The molecule has 3 aliphatic rings. The average molecular weight is 1470 g/mol. The molecule has 105 heavy (non-hydrogen) atoms. The third-order valence-corrected chi connectivity index (χ3v) is 25.1. The van der Waals surface area contributed by atoms with Crippen LogP contribution in [0.1, 0.15) is 61.2 Å². The van der Waals surface area contributed by atoms with Gasteiger partial charge in [-0.15, -0.1) is 10.2 Å². The largest absolute Gasteiger partial charge is 0.491 e. The molecule has 540 valence electrons. The first-order chi connectivity index (χ1) is 50.9. The van der Waals surface area contributed by atoms with E-state index in [0.29, 0.717) is 139 Å². The van der Waals surface area contributed by atoms with Crippen molar-refractivity contribution in [2.45, 2.75) is 96.3 Å². The highest BCUT2D eigenvalue weighted by Crippen LogP contribution is 2.35. The van der Waals surface area contributed by atoms with E-state index in [2.05, 4.69) is 56.4 Å². The lowest BCUT2D eigenvalue weighted by atomic mass is 10.1. The first kappa shape index (κ1) is 72.9. The van der Waals surface area contributed by atoms with Crippen molar-refractivity contribution < 1.29 is 53.7 Å². The van der Waals surface area contributed by atoms with Crippen molar-refractivity contribution in [3.05, 3.63) is 205 Å². The number of aromatic nitrogens is 10. The second-order valence-corrected chi connectivity index (χ2v) is 32.2. The molecule has 3 saturated heterocycles. The number of hydrogen-bond acceptors (Lipinski definition) is 25. The molecule has 6 aromatic carbocycles. The molecule has 3 aliphatic heterocycles. The standard InChI is InChI=1S/C27H28N4O5S.C26H26N4O4S.C24H23N5O3S/c1-18-27(26-15-24(31-36-26)19-4-8-21(9-5-19)35-14-13-32)30-25(17-29-18)20-6-10-22(11-7-20)37(33,34)23-3-2-12-28-16-23;1-17-26(25-13-23(30-34-25)19-6-4-18(16-31)5-7-19)29-24(15-28-17)20-8-10-21(11-9-20)35(32,33)22-3-2-12-27-14-22;1-16-22(24-29-28-23(32-24)18-6-3-2-4-7-18)27-21(15-26-16)17-9-11-19(12-10-17)33(30,31)20-8-5-13-25-14-20/h4-11,15,17,23,28,32H,2-3,12-14,16H2,1H3;4-11,13,15,22,27,31H,2-3,12,14,16H2,1H3;2-4,6-7,9-12,15,20,25H,5,8,13-14H2,1H3. The quantitative estimate of drug-likeness (QED) is 0.0502. The summed E-state index contributed by atoms with van der Waals surface area (Å²) in [4.78, 5) is 28.5. The smallest absolute Gasteiger partial charge is 0.268 e. The van der Waals surface area contributed by atoms with Gasteiger partial charge in [0.25, 0.3) is 5.89 Å². The Bertz CT molecular complexity index is 5300. The number of aliphatic hydroxyl groups excluding tert-OH is 2. The molecule has 3 unspecified atom stereocenters. The fourth-order valence-corrected chi connectivity index (χ4v) is 17.6. The third-order valence-electron chi connectivity index (χ3n) is 18.5. The van der Waals surface area contributed by atoms with E-state index in [9.17, 15) is 30.4 Å². The number of piperidine rings is 3. The number of aliphatic hydroxyl groups is 2. The van der Waals surface area contributed by atoms with Gasteiger partial charge in [0.15, 0.2) is 41.0 Å². The predicted octanol–water partition coefficient (Wildman–Crippen LogP) is 11.2. The summed E-state index contributed by atoms with van der Waals surface area (Å²) < 4.78 is 100. The van der Waals surface area contributed by atoms with E-state index in [1.807, 2.05) is 93.6 Å². The fraction of sp³-hybridized carbons (Fsp3) is 0.273. The van der Waals surface area contributed by atoms with Crippen LogP contribution in [0, 0.1) is 20.8 Å². The van der Waals surface area contributed by atoms with E-state index in [1.54, 1.807) is 110 Å². The van der Waals surface area contributed by atoms with E-state index >= 15 is 0 Å². The van der Waals surface area contributed by atoms with Crippen LogP contribution < -0.4 is 20.7 Å². The van der Waals surface area contributed by atoms with Gasteiger partial charge >= 0.3 is 0 Å². The second-order valence-electron chi connectivity index (χ2n) is 25.6. The number of rotatable bonds is 19. The van der Waals surface area contributed by atoms with Crippen molar-refractivity contribution in [3.8, 4) is 108 Å². The van der Waals surface area contributed by atoms with E-state index < -0.39 is 40.0 Å². The van der Waals surface area contributed by atoms with Crippen molar-refractivity contribution in [1.29, 1.82) is 0 Å². The lowest BCUT2D eigenvalue weighted by Crippen LogP contribution is -2.38. The molecule has 0 radical (unpaired) electrons. The van der Waals surface area contributed by atoms with Crippen molar-refractivity contribution in [2.75, 3.05) is 52.5 Å². The van der Waals surface area contributed by atoms with Gasteiger partial charge < -0.3 is 44.4 Å². The van der Waals surface area contributed by atoms with Gasteiger partial charge in [-0.05, 0) is 157 Å². The van der Waals surface area contributed by atoms with Crippen LogP contribution in [-0.4, -0.2) is 154 Å². The maximum atomic E-state index is 13.0. The summed E-state index contributed by atoms with van der Waals surface area (Å²) in [5.41, 5.74) is 12.4. The molecule has 0 amide bonds. The highest BCUT2D eigenvalue weighted by atomic mass is 32.2. The molecule has 25 nitrogen and oxygen atoms in total. The number of aryl methyl sites for hydroxylation is 3. The molecule has 0 aliphatic carbocycles. The fourth-order valence-electron chi connectivity index (χ4n) is 12.4. The molecule has 5 N–H and O–H groups in total. The van der Waals surface area contributed by atoms with Gasteiger partial charge in [0.1, 0.15) is 40.8 Å². The molecule has 15 rings (SSSR count). The summed E-state index contributed by atoms with van der Waals surface area (Å²) in [6.45, 7) is 9.74. The molecule has 6 aromatic heterocycles. The Kier molecular flexibility index (Phi) is 22.7. The van der Waals surface area contributed by atoms with Crippen LogP contribution in [-0.2, 0) is 36.1 Å². The molecule has 28 heteroatoms. The molecule has 9 heterocycles. The number of benzene rings is 6. The minimum Gasteiger partial charge on any atom is -0.491 e. The lowest BCUT2D eigenvalue weighted by molar-refractivity contribution is 0.201. The highest BCUT2D eigenvalue weighted by Gasteiger charge is 2.32. The van der Waals surface area contributed by atoms with Crippen LogP contribution in [0.15, 0.2) is 211 Å². The number of nitrogens with one attached hydrogen (secondary N) is 3. The molecular weight excluding hydrogens is 1400 g/mol. The van der Waals surface area contributed by atoms with E-state index in [1.165, 1.54) is 0 Å². The molecule has 0 bridgehead atoms. The number of ether oxygens (including phenoxy) is 1. The maximum absolute atomic E-state index is 13.0. The number of sulfone groups is 3. The van der Waals surface area contributed by atoms with Crippen LogP contribution in [0.2, 0.25) is 0 Å². The van der Waals surface area contributed by atoms with Gasteiger partial charge in [0.05, 0.1) is 96.4 Å². The Hall–Kier alpha value is -10.4. The van der Waals surface area contributed by atoms with E-state index in [4.69, 9.17) is 33.3 Å². The molecule has 3 fully saturated rings. The summed E-state index contributed by atoms with van der Waals surface area (Å²) >= 11 is 0. The van der Waals surface area contributed by atoms with Gasteiger partial charge in [-0.1, -0.05) is 89.2 Å². The number of hydrogen-bond donors (Lipinski definition) is 5. The summed E-state index contributed by atoms with van der Waals surface area (Å²) in [5.74, 6) is 2.31. The molecular formula is C77H77N13O12S3. The Labute approximate surface area is 607 Å². The van der Waals surface area contributed by atoms with Crippen LogP contribution in [0.25, 0.3) is 102 Å². The first-order valence-corrected chi connectivity index (χ1v) is 39.1. The van der Waals surface area contributed by atoms with Crippen molar-refractivity contribution >= 4 is 29.5 Å². The summed E-state index contributed by atoms with van der Waals surface area (Å²) in [6, 6.07) is 48.3. The summed E-state index contributed by atoms with van der Waals surface area (Å²) in [5, 5.41) is 43.1. The van der Waals surface area contributed by atoms with E-state index in [0.717, 1.165) is 77.8 Å². The van der Waals surface area contributed by atoms with Crippen LogP contribution >= 0.6 is 0 Å². The topological polar surface area (TPSA) is 357 Å². The van der Waals surface area contributed by atoms with Gasteiger partial charge in [0, 0.05) is 65.1 Å². The van der Waals surface area contributed by atoms with Crippen molar-refractivity contribution in [1.82, 2.24) is 66.4 Å². The minimum atomic E-state index is -3.39. The zero-order chi connectivity index (χ0) is 73.1. The zero-order valence-corrected chi connectivity index (χ0v) is 60.3. The Morgan fingerprint density at radius 2 is 0.810 bits per heavy atom. The third kappa shape index (κ3) is 16.9. The van der Waals surface area contributed by atoms with Crippen molar-refractivity contribution in [2.24, 2.45) is 0 Å². The summed E-state index contributed by atoms with van der Waals surface area (Å²) in [6.07, 6.45) is 9.60. The molecule has 0 saturated carbocycles. The Morgan fingerprint density at radius 3 is 1.20 bits per heavy atom.